The van der Waals surface area contributed by atoms with E-state index >= 15 is 0 Å². The van der Waals surface area contributed by atoms with Gasteiger partial charge in [-0.05, 0) is 26.0 Å². The van der Waals surface area contributed by atoms with Crippen molar-refractivity contribution < 1.29 is 18.7 Å². The third kappa shape index (κ3) is 3.59. The third-order valence-corrected chi connectivity index (χ3v) is 5.28. The Labute approximate surface area is 153 Å². The van der Waals surface area contributed by atoms with Crippen LogP contribution in [0, 0.1) is 5.82 Å². The molecule has 6 nitrogen and oxygen atoms in total. The summed E-state index contributed by atoms with van der Waals surface area (Å²) < 4.78 is 19.0. The largest absolute Gasteiger partial charge is 0.375 e. The first kappa shape index (κ1) is 18.8. The Morgan fingerprint density at radius 3 is 2.58 bits per heavy atom. The van der Waals surface area contributed by atoms with E-state index in [-0.39, 0.29) is 35.6 Å². The lowest BCUT2D eigenvalue weighted by molar-refractivity contribution is -0.141. The van der Waals surface area contributed by atoms with Crippen LogP contribution in [0.2, 0.25) is 0 Å². The molecule has 2 saturated heterocycles. The third-order valence-electron chi connectivity index (χ3n) is 5.28. The summed E-state index contributed by atoms with van der Waals surface area (Å²) in [5.41, 5.74) is -0.139. The number of benzene rings is 1. The molecule has 0 aromatic heterocycles. The van der Waals surface area contributed by atoms with Crippen molar-refractivity contribution >= 4 is 11.8 Å². The molecule has 0 aliphatic carbocycles. The first-order valence-corrected chi connectivity index (χ1v) is 8.91. The quantitative estimate of drug-likeness (QED) is 0.810. The Bertz CT molecular complexity index is 694. The predicted molar refractivity (Wildman–Crippen MR) is 95.3 cm³/mol. The van der Waals surface area contributed by atoms with E-state index in [1.54, 1.807) is 21.9 Å². The minimum atomic E-state index is -0.502. The number of halogens is 1. The highest BCUT2D eigenvalue weighted by Crippen LogP contribution is 2.29. The summed E-state index contributed by atoms with van der Waals surface area (Å²) >= 11 is 0. The van der Waals surface area contributed by atoms with Crippen molar-refractivity contribution in [2.75, 3.05) is 46.4 Å². The van der Waals surface area contributed by atoms with Crippen LogP contribution in [0.25, 0.3) is 0 Å². The molecular weight excluding hydrogens is 337 g/mol. The number of hydrogen-bond donors (Lipinski definition) is 0. The molecule has 142 valence electrons. The minimum absolute atomic E-state index is 0.0315. The molecule has 2 heterocycles. The molecule has 0 spiro atoms. The van der Waals surface area contributed by atoms with Crippen LogP contribution in [0.1, 0.15) is 24.2 Å². The molecular formula is C19H26FN3O3. The molecule has 1 aromatic rings. The van der Waals surface area contributed by atoms with E-state index in [2.05, 4.69) is 18.7 Å². The first-order valence-electron chi connectivity index (χ1n) is 8.91. The number of ether oxygens (including phenoxy) is 1. The number of carbonyl (C=O) groups excluding carboxylic acids is 2. The maximum atomic E-state index is 14.0. The molecule has 2 aliphatic heterocycles. The van der Waals surface area contributed by atoms with Gasteiger partial charge >= 0.3 is 0 Å². The molecule has 26 heavy (non-hydrogen) atoms. The monoisotopic (exact) mass is 363 g/mol. The van der Waals surface area contributed by atoms with Crippen LogP contribution in [-0.4, -0.2) is 84.5 Å². The summed E-state index contributed by atoms with van der Waals surface area (Å²) in [6, 6.07) is 6.11. The Kier molecular flexibility index (Phi) is 5.29. The van der Waals surface area contributed by atoms with E-state index < -0.39 is 5.82 Å². The van der Waals surface area contributed by atoms with Crippen molar-refractivity contribution in [1.82, 2.24) is 14.7 Å². The Morgan fingerprint density at radius 1 is 1.19 bits per heavy atom. The zero-order valence-corrected chi connectivity index (χ0v) is 15.6. The molecule has 7 heteroatoms. The number of fused-ring (bicyclic) bond motifs is 1. The van der Waals surface area contributed by atoms with Gasteiger partial charge in [-0.2, -0.15) is 0 Å². The van der Waals surface area contributed by atoms with Crippen LogP contribution in [-0.2, 0) is 9.53 Å². The van der Waals surface area contributed by atoms with E-state index in [1.807, 2.05) is 0 Å². The van der Waals surface area contributed by atoms with E-state index in [4.69, 9.17) is 4.74 Å². The Morgan fingerprint density at radius 2 is 1.88 bits per heavy atom. The number of hydrogen-bond acceptors (Lipinski definition) is 4. The Hall–Kier alpha value is -1.99. The normalized spacial score (nSPS) is 22.8. The molecule has 1 aromatic carbocycles. The maximum Gasteiger partial charge on any atom is 0.256 e. The average Bonchev–Trinajstić information content (AvgIpc) is 2.60. The fourth-order valence-electron chi connectivity index (χ4n) is 4.09. The van der Waals surface area contributed by atoms with Gasteiger partial charge in [-0.15, -0.1) is 0 Å². The fraction of sp³-hybridized carbons (Fsp3) is 0.579. The second-order valence-corrected chi connectivity index (χ2v) is 7.60. The van der Waals surface area contributed by atoms with E-state index in [1.165, 1.54) is 19.2 Å². The summed E-state index contributed by atoms with van der Waals surface area (Å²) in [5, 5.41) is 0. The highest BCUT2D eigenvalue weighted by atomic mass is 19.1. The van der Waals surface area contributed by atoms with Crippen LogP contribution in [0.4, 0.5) is 4.39 Å². The molecule has 3 rings (SSSR count). The van der Waals surface area contributed by atoms with Crippen LogP contribution >= 0.6 is 0 Å². The molecule has 2 amide bonds. The topological polar surface area (TPSA) is 53.1 Å². The van der Waals surface area contributed by atoms with Gasteiger partial charge in [0.25, 0.3) is 5.91 Å². The average molecular weight is 363 g/mol. The molecule has 2 fully saturated rings. The molecule has 0 saturated carbocycles. The zero-order valence-electron chi connectivity index (χ0n) is 15.6. The van der Waals surface area contributed by atoms with Crippen molar-refractivity contribution in [1.29, 1.82) is 0 Å². The van der Waals surface area contributed by atoms with Gasteiger partial charge in [0.2, 0.25) is 5.91 Å². The number of carbonyl (C=O) groups is 2. The van der Waals surface area contributed by atoms with Crippen molar-refractivity contribution in [3.8, 4) is 0 Å². The number of piperazine rings is 2. The van der Waals surface area contributed by atoms with Crippen LogP contribution in [0.3, 0.4) is 0 Å². The molecule has 0 unspecified atom stereocenters. The smallest absolute Gasteiger partial charge is 0.256 e. The van der Waals surface area contributed by atoms with Gasteiger partial charge in [0.15, 0.2) is 0 Å². The van der Waals surface area contributed by atoms with Gasteiger partial charge in [0.05, 0.1) is 5.56 Å². The first-order chi connectivity index (χ1) is 12.3. The minimum Gasteiger partial charge on any atom is -0.375 e. The van der Waals surface area contributed by atoms with Crippen molar-refractivity contribution in [2.24, 2.45) is 0 Å². The van der Waals surface area contributed by atoms with Gasteiger partial charge in [-0.1, -0.05) is 12.1 Å². The standard InChI is InChI=1S/C19H26FN3O3/c1-19(2)13-22(18(25)15-6-4-5-7-16(15)20)11-14-10-21(8-9-23(14)19)17(24)12-26-3/h4-7,14H,8-13H2,1-3H3/t14-/m0/s1. The molecule has 2 aliphatic rings. The van der Waals surface area contributed by atoms with Crippen molar-refractivity contribution in [3.05, 3.63) is 35.6 Å². The van der Waals surface area contributed by atoms with Gasteiger partial charge in [0, 0.05) is 51.4 Å². The van der Waals surface area contributed by atoms with Crippen LogP contribution in [0.5, 0.6) is 0 Å². The number of nitrogens with zero attached hydrogens (tertiary/aromatic N) is 3. The number of methoxy groups -OCH3 is 1. The molecule has 0 N–H and O–H groups in total. The van der Waals surface area contributed by atoms with E-state index in [0.29, 0.717) is 26.2 Å². The molecule has 1 atom stereocenters. The van der Waals surface area contributed by atoms with E-state index in [9.17, 15) is 14.0 Å². The van der Waals surface area contributed by atoms with Gasteiger partial charge in [0.1, 0.15) is 12.4 Å². The molecule has 0 radical (unpaired) electrons. The predicted octanol–water partition coefficient (Wildman–Crippen LogP) is 1.22. The summed E-state index contributed by atoms with van der Waals surface area (Å²) in [5.74, 6) is -0.836. The van der Waals surface area contributed by atoms with Crippen molar-refractivity contribution in [2.45, 2.75) is 25.4 Å². The van der Waals surface area contributed by atoms with Gasteiger partial charge in [-0.3, -0.25) is 14.5 Å². The Balaban J connectivity index is 1.78. The lowest BCUT2D eigenvalue weighted by atomic mass is 9.92. The van der Waals surface area contributed by atoms with Crippen LogP contribution < -0.4 is 0 Å². The highest BCUT2D eigenvalue weighted by molar-refractivity contribution is 5.94. The fourth-order valence-corrected chi connectivity index (χ4v) is 4.09. The van der Waals surface area contributed by atoms with Crippen LogP contribution in [0.15, 0.2) is 24.3 Å². The lowest BCUT2D eigenvalue weighted by Gasteiger charge is -2.55. The van der Waals surface area contributed by atoms with Crippen molar-refractivity contribution in [3.63, 3.8) is 0 Å². The summed E-state index contributed by atoms with van der Waals surface area (Å²) in [7, 11) is 1.51. The summed E-state index contributed by atoms with van der Waals surface area (Å²) in [4.78, 5) is 30.9. The highest BCUT2D eigenvalue weighted by Gasteiger charge is 2.44. The SMILES string of the molecule is COCC(=O)N1CCN2[C@@H](C1)CN(C(=O)c1ccccc1F)CC2(C)C. The van der Waals surface area contributed by atoms with Gasteiger partial charge < -0.3 is 14.5 Å². The summed E-state index contributed by atoms with van der Waals surface area (Å²) in [6.45, 7) is 7.22. The van der Waals surface area contributed by atoms with Gasteiger partial charge in [-0.25, -0.2) is 4.39 Å². The number of amides is 2. The molecule has 0 bridgehead atoms. The second-order valence-electron chi connectivity index (χ2n) is 7.60. The summed E-state index contributed by atoms with van der Waals surface area (Å²) in [6.07, 6.45) is 0. The van der Waals surface area contributed by atoms with E-state index in [0.717, 1.165) is 6.54 Å². The second kappa shape index (κ2) is 7.32. The number of rotatable bonds is 3. The maximum absolute atomic E-state index is 14.0. The lowest BCUT2D eigenvalue weighted by Crippen LogP contribution is -2.70. The zero-order chi connectivity index (χ0) is 18.9.